The minimum absolute atomic E-state index is 0.364. The van der Waals surface area contributed by atoms with Crippen LogP contribution in [0.15, 0.2) is 122 Å². The maximum atomic E-state index is 4.36. The van der Waals surface area contributed by atoms with Gasteiger partial charge in [-0.05, 0) is 69.1 Å². The van der Waals surface area contributed by atoms with Gasteiger partial charge in [0.05, 0.1) is 5.41 Å². The molecule has 0 bridgehead atoms. The van der Waals surface area contributed by atoms with Crippen LogP contribution in [0.1, 0.15) is 27.8 Å². The first kappa shape index (κ1) is 18.8. The highest BCUT2D eigenvalue weighted by atomic mass is 14.6. The molecule has 0 N–H and O–H groups in total. The van der Waals surface area contributed by atoms with E-state index in [2.05, 4.69) is 115 Å². The average molecular weight is 410 g/mol. The van der Waals surface area contributed by atoms with E-state index < -0.39 is 0 Å². The predicted octanol–water partition coefficient (Wildman–Crippen LogP) is 7.42. The van der Waals surface area contributed by atoms with Crippen molar-refractivity contribution in [1.82, 2.24) is 4.98 Å². The van der Waals surface area contributed by atoms with Crippen molar-refractivity contribution in [1.29, 1.82) is 0 Å². The van der Waals surface area contributed by atoms with E-state index in [1.807, 2.05) is 18.5 Å². The Labute approximate surface area is 189 Å². The van der Waals surface area contributed by atoms with Crippen LogP contribution in [0.4, 0.5) is 0 Å². The quantitative estimate of drug-likeness (QED) is 0.296. The zero-order chi connectivity index (χ0) is 21.5. The van der Waals surface area contributed by atoms with Gasteiger partial charge in [0.1, 0.15) is 0 Å². The summed E-state index contributed by atoms with van der Waals surface area (Å²) in [4.78, 5) is 4.36. The van der Waals surface area contributed by atoms with E-state index in [1.54, 1.807) is 0 Å². The van der Waals surface area contributed by atoms with E-state index in [0.717, 1.165) is 5.56 Å². The molecule has 1 aliphatic carbocycles. The molecule has 32 heavy (non-hydrogen) atoms. The molecule has 0 spiro atoms. The minimum Gasteiger partial charge on any atom is -0.264 e. The molecule has 0 saturated heterocycles. The molecular weight excluding hydrogens is 386 g/mol. The molecule has 0 unspecified atom stereocenters. The van der Waals surface area contributed by atoms with Gasteiger partial charge in [0.2, 0.25) is 0 Å². The van der Waals surface area contributed by atoms with Crippen LogP contribution < -0.4 is 0 Å². The van der Waals surface area contributed by atoms with Gasteiger partial charge in [0.15, 0.2) is 0 Å². The molecular formula is C31H23N. The van der Waals surface area contributed by atoms with Crippen LogP contribution in [0.2, 0.25) is 0 Å². The van der Waals surface area contributed by atoms with Crippen molar-refractivity contribution in [2.24, 2.45) is 0 Å². The second kappa shape index (κ2) is 7.32. The summed E-state index contributed by atoms with van der Waals surface area (Å²) in [6, 6.07) is 39.7. The van der Waals surface area contributed by atoms with Gasteiger partial charge in [-0.15, -0.1) is 0 Å². The van der Waals surface area contributed by atoms with Crippen LogP contribution in [0, 0.1) is 6.92 Å². The van der Waals surface area contributed by atoms with Gasteiger partial charge < -0.3 is 0 Å². The van der Waals surface area contributed by atoms with E-state index in [1.165, 1.54) is 44.5 Å². The fraction of sp³-hybridized carbons (Fsp3) is 0.0645. The van der Waals surface area contributed by atoms with Crippen molar-refractivity contribution in [3.8, 4) is 22.3 Å². The Morgan fingerprint density at radius 2 is 1.31 bits per heavy atom. The highest BCUT2D eigenvalue weighted by Gasteiger charge is 2.46. The molecule has 0 radical (unpaired) electrons. The number of benzene rings is 4. The van der Waals surface area contributed by atoms with Crippen LogP contribution in [-0.2, 0) is 5.41 Å². The lowest BCUT2D eigenvalue weighted by molar-refractivity contribution is 0.768. The standard InChI is InChI=1S/C31H23N/c1-22-10-8-16-28-30(22)27-18-17-23(24-11-9-19-32-21-24)20-29(27)31(28,25-12-4-2-5-13-25)26-14-6-3-7-15-26/h2-21H,1H3. The highest BCUT2D eigenvalue weighted by Crippen LogP contribution is 2.57. The van der Waals surface area contributed by atoms with Crippen molar-refractivity contribution >= 4 is 0 Å². The van der Waals surface area contributed by atoms with E-state index >= 15 is 0 Å². The SMILES string of the molecule is Cc1cccc2c1-c1ccc(-c3cccnc3)cc1C2(c1ccccc1)c1ccccc1. The van der Waals surface area contributed by atoms with E-state index in [-0.39, 0.29) is 5.41 Å². The highest BCUT2D eigenvalue weighted by molar-refractivity contribution is 5.89. The first-order valence-electron chi connectivity index (χ1n) is 11.1. The summed E-state index contributed by atoms with van der Waals surface area (Å²) in [5.41, 5.74) is 11.2. The van der Waals surface area contributed by atoms with Gasteiger partial charge in [0.25, 0.3) is 0 Å². The van der Waals surface area contributed by atoms with Crippen LogP contribution in [-0.4, -0.2) is 4.98 Å². The first-order chi connectivity index (χ1) is 15.8. The lowest BCUT2D eigenvalue weighted by atomic mass is 9.67. The molecule has 0 fully saturated rings. The number of fused-ring (bicyclic) bond motifs is 3. The molecule has 1 aliphatic rings. The number of pyridine rings is 1. The van der Waals surface area contributed by atoms with E-state index in [0.29, 0.717) is 0 Å². The van der Waals surface area contributed by atoms with Crippen molar-refractivity contribution in [3.05, 3.63) is 149 Å². The normalized spacial score (nSPS) is 13.4. The molecule has 0 atom stereocenters. The Morgan fingerprint density at radius 3 is 1.97 bits per heavy atom. The Hall–Kier alpha value is -3.97. The summed E-state index contributed by atoms with van der Waals surface area (Å²) in [7, 11) is 0. The molecule has 4 aromatic carbocycles. The maximum Gasteiger partial charge on any atom is 0.0713 e. The molecule has 5 aromatic rings. The van der Waals surface area contributed by atoms with Crippen molar-refractivity contribution in [2.45, 2.75) is 12.3 Å². The molecule has 0 amide bonds. The third-order valence-electron chi connectivity index (χ3n) is 6.78. The zero-order valence-corrected chi connectivity index (χ0v) is 18.0. The van der Waals surface area contributed by atoms with Crippen LogP contribution >= 0.6 is 0 Å². The Kier molecular flexibility index (Phi) is 4.29. The van der Waals surface area contributed by atoms with Gasteiger partial charge in [0, 0.05) is 12.4 Å². The molecule has 0 aliphatic heterocycles. The Balaban J connectivity index is 1.77. The lowest BCUT2D eigenvalue weighted by Crippen LogP contribution is -2.28. The number of nitrogens with zero attached hydrogens (tertiary/aromatic N) is 1. The first-order valence-corrected chi connectivity index (χ1v) is 11.1. The predicted molar refractivity (Wildman–Crippen MR) is 132 cm³/mol. The van der Waals surface area contributed by atoms with Gasteiger partial charge >= 0.3 is 0 Å². The molecule has 1 nitrogen and oxygen atoms in total. The second-order valence-electron chi connectivity index (χ2n) is 8.48. The molecule has 1 heterocycles. The van der Waals surface area contributed by atoms with Crippen LogP contribution in [0.3, 0.4) is 0 Å². The van der Waals surface area contributed by atoms with Crippen molar-refractivity contribution < 1.29 is 0 Å². The Bertz CT molecular complexity index is 1360. The second-order valence-corrected chi connectivity index (χ2v) is 8.48. The van der Waals surface area contributed by atoms with Crippen molar-refractivity contribution in [2.75, 3.05) is 0 Å². The summed E-state index contributed by atoms with van der Waals surface area (Å²) in [6.07, 6.45) is 3.77. The molecule has 1 heteroatoms. The lowest BCUT2D eigenvalue weighted by Gasteiger charge is -2.34. The molecule has 6 rings (SSSR count). The summed E-state index contributed by atoms with van der Waals surface area (Å²) in [5, 5.41) is 0. The number of hydrogen-bond donors (Lipinski definition) is 0. The van der Waals surface area contributed by atoms with Gasteiger partial charge in [-0.2, -0.15) is 0 Å². The smallest absolute Gasteiger partial charge is 0.0713 e. The monoisotopic (exact) mass is 409 g/mol. The third-order valence-corrected chi connectivity index (χ3v) is 6.78. The summed E-state index contributed by atoms with van der Waals surface area (Å²) in [5.74, 6) is 0. The van der Waals surface area contributed by atoms with Crippen molar-refractivity contribution in [3.63, 3.8) is 0 Å². The minimum atomic E-state index is -0.364. The Morgan fingerprint density at radius 1 is 0.594 bits per heavy atom. The number of rotatable bonds is 3. The van der Waals surface area contributed by atoms with E-state index in [9.17, 15) is 0 Å². The average Bonchev–Trinajstić information content (AvgIpc) is 3.17. The largest absolute Gasteiger partial charge is 0.264 e. The van der Waals surface area contributed by atoms with Gasteiger partial charge in [-0.1, -0.05) is 97.1 Å². The summed E-state index contributed by atoms with van der Waals surface area (Å²) in [6.45, 7) is 2.23. The maximum absolute atomic E-state index is 4.36. The van der Waals surface area contributed by atoms with Gasteiger partial charge in [-0.3, -0.25) is 4.98 Å². The summed E-state index contributed by atoms with van der Waals surface area (Å²) < 4.78 is 0. The molecule has 1 aromatic heterocycles. The number of hydrogen-bond acceptors (Lipinski definition) is 1. The van der Waals surface area contributed by atoms with Crippen LogP contribution in [0.5, 0.6) is 0 Å². The summed E-state index contributed by atoms with van der Waals surface area (Å²) >= 11 is 0. The fourth-order valence-electron chi connectivity index (χ4n) is 5.43. The fourth-order valence-corrected chi connectivity index (χ4v) is 5.43. The molecule has 152 valence electrons. The third kappa shape index (κ3) is 2.61. The topological polar surface area (TPSA) is 12.9 Å². The van der Waals surface area contributed by atoms with E-state index in [4.69, 9.17) is 0 Å². The number of aromatic nitrogens is 1. The molecule has 0 saturated carbocycles. The zero-order valence-electron chi connectivity index (χ0n) is 18.0. The van der Waals surface area contributed by atoms with Crippen LogP contribution in [0.25, 0.3) is 22.3 Å². The van der Waals surface area contributed by atoms with Gasteiger partial charge in [-0.25, -0.2) is 0 Å². The number of aryl methyl sites for hydroxylation is 1.